The molecule has 206 valence electrons. The minimum atomic E-state index is -0.605. The van der Waals surface area contributed by atoms with Gasteiger partial charge in [0.15, 0.2) is 11.6 Å². The smallest absolute Gasteiger partial charge is 0.167 e. The van der Waals surface area contributed by atoms with Gasteiger partial charge in [0.1, 0.15) is 11.6 Å². The molecule has 0 bridgehead atoms. The molecule has 1 aliphatic rings. The first-order valence-electron chi connectivity index (χ1n) is 14.0. The van der Waals surface area contributed by atoms with Crippen molar-refractivity contribution in [1.82, 2.24) is 0 Å². The first-order valence-corrected chi connectivity index (χ1v) is 14.0. The highest BCUT2D eigenvalue weighted by atomic mass is 16.3. The number of fused-ring (bicyclic) bond motifs is 1. The van der Waals surface area contributed by atoms with Gasteiger partial charge in [0, 0.05) is 29.9 Å². The largest absolute Gasteiger partial charge is 0.396 e. The van der Waals surface area contributed by atoms with Gasteiger partial charge in [-0.3, -0.25) is 19.2 Å². The fourth-order valence-electron chi connectivity index (χ4n) is 5.57. The van der Waals surface area contributed by atoms with Crippen molar-refractivity contribution in [2.75, 3.05) is 6.61 Å². The molecule has 2 aromatic rings. The van der Waals surface area contributed by atoms with E-state index >= 15 is 0 Å². The number of aliphatic hydroxyl groups is 1. The minimum absolute atomic E-state index is 0.00382. The molecule has 0 radical (unpaired) electrons. The fourth-order valence-corrected chi connectivity index (χ4v) is 5.57. The molecular formula is C33H44O5. The maximum Gasteiger partial charge on any atom is 0.167 e. The van der Waals surface area contributed by atoms with Crippen LogP contribution in [0.15, 0.2) is 42.5 Å². The van der Waals surface area contributed by atoms with Gasteiger partial charge in [0.25, 0.3) is 0 Å². The minimum Gasteiger partial charge on any atom is -0.396 e. The van der Waals surface area contributed by atoms with Crippen LogP contribution in [0.25, 0.3) is 0 Å². The Balaban J connectivity index is 0.00000161. The summed E-state index contributed by atoms with van der Waals surface area (Å²) in [6.45, 7) is 9.27. The molecule has 1 aliphatic carbocycles. The third-order valence-electron chi connectivity index (χ3n) is 7.17. The van der Waals surface area contributed by atoms with Gasteiger partial charge in [-0.2, -0.15) is 0 Å². The molecule has 2 aromatic carbocycles. The highest BCUT2D eigenvalue weighted by Gasteiger charge is 2.34. The number of aliphatic hydroxyl groups excluding tert-OH is 1. The Morgan fingerprint density at radius 1 is 1.00 bits per heavy atom. The summed E-state index contributed by atoms with van der Waals surface area (Å²) in [6, 6.07) is 13.3. The summed E-state index contributed by atoms with van der Waals surface area (Å²) in [4.78, 5) is 50.7. The average molecular weight is 521 g/mol. The molecule has 0 heterocycles. The van der Waals surface area contributed by atoms with Crippen LogP contribution in [0.5, 0.6) is 0 Å². The Bertz CT molecular complexity index is 1100. The molecule has 0 fully saturated rings. The van der Waals surface area contributed by atoms with E-state index in [9.17, 15) is 24.3 Å². The van der Waals surface area contributed by atoms with Crippen LogP contribution in [0.2, 0.25) is 0 Å². The predicted octanol–water partition coefficient (Wildman–Crippen LogP) is 6.54. The highest BCUT2D eigenvalue weighted by molar-refractivity contribution is 6.06. The number of carbonyl (C=O) groups is 4. The average Bonchev–Trinajstić information content (AvgIpc) is 2.85. The zero-order chi connectivity index (χ0) is 28.2. The van der Waals surface area contributed by atoms with Gasteiger partial charge in [-0.05, 0) is 61.6 Å². The van der Waals surface area contributed by atoms with Crippen molar-refractivity contribution < 1.29 is 24.3 Å². The summed E-state index contributed by atoms with van der Waals surface area (Å²) < 4.78 is 0. The van der Waals surface area contributed by atoms with Gasteiger partial charge in [0.2, 0.25) is 0 Å². The van der Waals surface area contributed by atoms with E-state index in [1.54, 1.807) is 0 Å². The zero-order valence-corrected chi connectivity index (χ0v) is 23.7. The van der Waals surface area contributed by atoms with Crippen LogP contribution in [0.4, 0.5) is 0 Å². The Morgan fingerprint density at radius 3 is 2.24 bits per heavy atom. The second-order valence-corrected chi connectivity index (χ2v) is 10.7. The zero-order valence-electron chi connectivity index (χ0n) is 23.7. The Morgan fingerprint density at radius 2 is 1.66 bits per heavy atom. The first-order chi connectivity index (χ1) is 18.2. The topological polar surface area (TPSA) is 88.5 Å². The Labute approximate surface area is 228 Å². The first kappa shape index (κ1) is 31.3. The van der Waals surface area contributed by atoms with Crippen molar-refractivity contribution in [3.8, 4) is 0 Å². The number of benzene rings is 2. The molecule has 3 atom stereocenters. The molecule has 0 amide bonds. The maximum absolute atomic E-state index is 13.3. The fraction of sp³-hybridized carbons (Fsp3) is 0.515. The molecule has 38 heavy (non-hydrogen) atoms. The van der Waals surface area contributed by atoms with Gasteiger partial charge >= 0.3 is 0 Å². The third kappa shape index (κ3) is 8.56. The number of hydrogen-bond acceptors (Lipinski definition) is 5. The number of hydrogen-bond donors (Lipinski definition) is 1. The van der Waals surface area contributed by atoms with Gasteiger partial charge in [0.05, 0.1) is 13.0 Å². The summed E-state index contributed by atoms with van der Waals surface area (Å²) in [5.41, 5.74) is 3.90. The van der Waals surface area contributed by atoms with E-state index < -0.39 is 5.92 Å². The second-order valence-electron chi connectivity index (χ2n) is 10.7. The Kier molecular flexibility index (Phi) is 12.8. The molecular weight excluding hydrogens is 476 g/mol. The molecule has 0 saturated carbocycles. The van der Waals surface area contributed by atoms with Crippen LogP contribution in [-0.2, 0) is 22.4 Å². The lowest BCUT2D eigenvalue weighted by Gasteiger charge is -2.32. The normalized spacial score (nSPS) is 16.1. The second kappa shape index (κ2) is 15.5. The summed E-state index contributed by atoms with van der Waals surface area (Å²) in [7, 11) is 0. The lowest BCUT2D eigenvalue weighted by molar-refractivity contribution is -0.130. The highest BCUT2D eigenvalue weighted by Crippen LogP contribution is 2.37. The van der Waals surface area contributed by atoms with Gasteiger partial charge in [-0.25, -0.2) is 0 Å². The van der Waals surface area contributed by atoms with Crippen LogP contribution in [0.1, 0.15) is 104 Å². The van der Waals surface area contributed by atoms with Crippen LogP contribution >= 0.6 is 0 Å². The molecule has 3 rings (SSSR count). The van der Waals surface area contributed by atoms with Crippen molar-refractivity contribution in [3.63, 3.8) is 0 Å². The summed E-state index contributed by atoms with van der Waals surface area (Å²) in [5, 5.41) is 10.00. The lowest BCUT2D eigenvalue weighted by Crippen LogP contribution is -2.32. The molecule has 0 aromatic heterocycles. The van der Waals surface area contributed by atoms with Crippen LogP contribution in [-0.4, -0.2) is 34.8 Å². The third-order valence-corrected chi connectivity index (χ3v) is 7.17. The van der Waals surface area contributed by atoms with E-state index in [1.165, 1.54) is 13.3 Å². The quantitative estimate of drug-likeness (QED) is 0.253. The number of carbonyl (C=O) groups excluding carboxylic acids is 4. The van der Waals surface area contributed by atoms with E-state index in [1.807, 2.05) is 56.3 Å². The summed E-state index contributed by atoms with van der Waals surface area (Å²) in [6.07, 6.45) is 4.50. The van der Waals surface area contributed by atoms with Gasteiger partial charge in [-0.1, -0.05) is 76.1 Å². The molecule has 5 nitrogen and oxygen atoms in total. The molecule has 5 heteroatoms. The molecule has 1 N–H and O–H groups in total. The number of aryl methyl sites for hydroxylation is 1. The van der Waals surface area contributed by atoms with E-state index in [4.69, 9.17) is 0 Å². The van der Waals surface area contributed by atoms with Crippen LogP contribution < -0.4 is 0 Å². The van der Waals surface area contributed by atoms with Crippen molar-refractivity contribution in [2.45, 2.75) is 86.0 Å². The van der Waals surface area contributed by atoms with E-state index in [0.717, 1.165) is 29.5 Å². The summed E-state index contributed by atoms with van der Waals surface area (Å²) in [5.74, 6) is -1.13. The predicted molar refractivity (Wildman–Crippen MR) is 152 cm³/mol. The SMILES string of the molecule is CCC.CCCC(CC1CC(=O)c2c(C)ccc(C(=O)Cc3ccccc3)c2C1)C(CO)C(=O)CC(C)=O. The van der Waals surface area contributed by atoms with Crippen LogP contribution in [0, 0.1) is 24.7 Å². The number of Topliss-reactive ketones (excluding diaryl/α,β-unsaturated/α-hetero) is 4. The number of rotatable bonds is 12. The van der Waals surface area contributed by atoms with E-state index in [2.05, 4.69) is 13.8 Å². The van der Waals surface area contributed by atoms with Crippen molar-refractivity contribution in [2.24, 2.45) is 17.8 Å². The van der Waals surface area contributed by atoms with Crippen molar-refractivity contribution in [1.29, 1.82) is 0 Å². The molecule has 0 spiro atoms. The van der Waals surface area contributed by atoms with E-state index in [-0.39, 0.29) is 54.4 Å². The van der Waals surface area contributed by atoms with E-state index in [0.29, 0.717) is 30.4 Å². The van der Waals surface area contributed by atoms with Crippen LogP contribution in [0.3, 0.4) is 0 Å². The summed E-state index contributed by atoms with van der Waals surface area (Å²) >= 11 is 0. The monoisotopic (exact) mass is 520 g/mol. The molecule has 0 aliphatic heterocycles. The van der Waals surface area contributed by atoms with Crippen molar-refractivity contribution in [3.05, 3.63) is 70.3 Å². The van der Waals surface area contributed by atoms with Gasteiger partial charge < -0.3 is 5.11 Å². The van der Waals surface area contributed by atoms with Gasteiger partial charge in [-0.15, -0.1) is 0 Å². The molecule has 0 saturated heterocycles. The lowest BCUT2D eigenvalue weighted by atomic mass is 9.71. The number of ketones is 4. The van der Waals surface area contributed by atoms with Crippen molar-refractivity contribution >= 4 is 23.1 Å². The maximum atomic E-state index is 13.3. The molecule has 3 unspecified atom stereocenters. The Hall–Kier alpha value is -2.92. The standard InChI is InChI=1S/C30H36O5.C3H8/c1-4-8-23(26(18-31)27(33)13-20(3)32)14-22-15-25-24(12-11-19(2)30(25)29(35)17-22)28(34)16-21-9-6-5-7-10-21;1-3-2/h5-7,9-12,22-23,26,31H,4,8,13-18H2,1-3H3;3H2,1-2H3.